The van der Waals surface area contributed by atoms with Gasteiger partial charge < -0.3 is 20.3 Å². The lowest BCUT2D eigenvalue weighted by molar-refractivity contribution is -0.116. The predicted molar refractivity (Wildman–Crippen MR) is 129 cm³/mol. The number of methoxy groups -OCH3 is 1. The highest BCUT2D eigenvalue weighted by Crippen LogP contribution is 2.36. The average molecular weight is 479 g/mol. The van der Waals surface area contributed by atoms with E-state index in [1.165, 1.54) is 11.3 Å². The van der Waals surface area contributed by atoms with Crippen LogP contribution in [0.25, 0.3) is 0 Å². The van der Waals surface area contributed by atoms with Crippen molar-refractivity contribution in [3.05, 3.63) is 63.3 Å². The first-order chi connectivity index (χ1) is 16.5. The minimum absolute atomic E-state index is 0.150. The van der Waals surface area contributed by atoms with E-state index in [1.807, 2.05) is 31.2 Å². The van der Waals surface area contributed by atoms with Gasteiger partial charge in [0.15, 0.2) is 0 Å². The Hall–Kier alpha value is -3.84. The van der Waals surface area contributed by atoms with Crippen LogP contribution in [0.5, 0.6) is 5.75 Å². The molecule has 0 saturated heterocycles. The number of benzene rings is 1. The molecule has 3 heterocycles. The maximum Gasteiger partial charge on any atom is 0.318 e. The van der Waals surface area contributed by atoms with Gasteiger partial charge in [0.05, 0.1) is 24.9 Å². The van der Waals surface area contributed by atoms with E-state index in [0.29, 0.717) is 49.5 Å². The van der Waals surface area contributed by atoms with Crippen molar-refractivity contribution in [2.75, 3.05) is 19.0 Å². The maximum absolute atomic E-state index is 12.7. The predicted octanol–water partition coefficient (Wildman–Crippen LogP) is 3.50. The summed E-state index contributed by atoms with van der Waals surface area (Å²) in [5.41, 5.74) is 4.22. The third-order valence-corrected chi connectivity index (χ3v) is 6.98. The van der Waals surface area contributed by atoms with E-state index in [2.05, 4.69) is 26.9 Å². The second-order valence-electron chi connectivity index (χ2n) is 8.05. The highest BCUT2D eigenvalue weighted by Gasteiger charge is 2.27. The molecule has 0 aliphatic carbocycles. The smallest absolute Gasteiger partial charge is 0.318 e. The Morgan fingerprint density at radius 2 is 2.24 bits per heavy atom. The van der Waals surface area contributed by atoms with Gasteiger partial charge in [0, 0.05) is 36.1 Å². The van der Waals surface area contributed by atoms with Gasteiger partial charge in [-0.15, -0.1) is 11.3 Å². The summed E-state index contributed by atoms with van der Waals surface area (Å²) in [4.78, 5) is 27.9. The molecule has 0 radical (unpaired) electrons. The lowest BCUT2D eigenvalue weighted by Crippen LogP contribution is -2.42. The number of thiophene rings is 1. The number of nitrogens with zero attached hydrogens (tertiary/aromatic N) is 3. The number of hydrogen-bond acceptors (Lipinski definition) is 6. The summed E-state index contributed by atoms with van der Waals surface area (Å²) in [5.74, 6) is 0.604. The fourth-order valence-electron chi connectivity index (χ4n) is 3.90. The van der Waals surface area contributed by atoms with Crippen LogP contribution in [-0.4, -0.2) is 40.7 Å². The van der Waals surface area contributed by atoms with Gasteiger partial charge >= 0.3 is 6.03 Å². The zero-order chi connectivity index (χ0) is 24.1. The number of ether oxygens (including phenoxy) is 1. The number of aromatic amines is 1. The molecule has 0 fully saturated rings. The molecule has 1 aromatic carbocycles. The first-order valence-corrected chi connectivity index (χ1v) is 11.8. The largest absolute Gasteiger partial charge is 0.497 e. The molecule has 0 unspecified atom stereocenters. The Morgan fingerprint density at radius 3 is 2.97 bits per heavy atom. The van der Waals surface area contributed by atoms with Crippen LogP contribution >= 0.6 is 11.3 Å². The number of rotatable bonds is 7. The molecule has 0 saturated carbocycles. The number of anilines is 1. The minimum Gasteiger partial charge on any atom is -0.497 e. The van der Waals surface area contributed by atoms with Crippen molar-refractivity contribution in [1.82, 2.24) is 20.4 Å². The first kappa shape index (κ1) is 23.3. The van der Waals surface area contributed by atoms with E-state index in [0.717, 1.165) is 33.0 Å². The molecule has 4 rings (SSSR count). The Bertz CT molecular complexity index is 1240. The topological polar surface area (TPSA) is 123 Å². The number of hydrogen-bond donors (Lipinski definition) is 3. The molecule has 3 aromatic rings. The number of H-pyrrole nitrogens is 1. The van der Waals surface area contributed by atoms with Crippen molar-refractivity contribution < 1.29 is 14.3 Å². The van der Waals surface area contributed by atoms with Gasteiger partial charge in [-0.1, -0.05) is 12.1 Å². The Morgan fingerprint density at radius 1 is 1.38 bits per heavy atom. The summed E-state index contributed by atoms with van der Waals surface area (Å²) in [5, 5.41) is 23.0. The van der Waals surface area contributed by atoms with Crippen molar-refractivity contribution in [2.24, 2.45) is 0 Å². The molecule has 34 heavy (non-hydrogen) atoms. The highest BCUT2D eigenvalue weighted by molar-refractivity contribution is 7.16. The quantitative estimate of drug-likeness (QED) is 0.480. The Balaban J connectivity index is 1.37. The summed E-state index contributed by atoms with van der Waals surface area (Å²) in [6.45, 7) is 3.20. The van der Waals surface area contributed by atoms with E-state index < -0.39 is 0 Å². The number of carbonyl (C=O) groups excluding carboxylic acids is 2. The number of aromatic nitrogens is 2. The molecule has 10 heteroatoms. The van der Waals surface area contributed by atoms with Crippen molar-refractivity contribution in [2.45, 2.75) is 39.3 Å². The molecular formula is C24H26N6O3S. The molecule has 0 spiro atoms. The Kier molecular flexibility index (Phi) is 7.13. The zero-order valence-corrected chi connectivity index (χ0v) is 19.9. The first-order valence-electron chi connectivity index (χ1n) is 11.0. The monoisotopic (exact) mass is 478 g/mol. The molecule has 1 aliphatic rings. The van der Waals surface area contributed by atoms with Crippen LogP contribution in [0.15, 0.2) is 30.5 Å². The van der Waals surface area contributed by atoms with Crippen LogP contribution in [0.2, 0.25) is 0 Å². The van der Waals surface area contributed by atoms with Gasteiger partial charge in [-0.3, -0.25) is 9.89 Å². The van der Waals surface area contributed by atoms with Crippen molar-refractivity contribution in [3.8, 4) is 11.8 Å². The van der Waals surface area contributed by atoms with Gasteiger partial charge in [-0.2, -0.15) is 10.4 Å². The van der Waals surface area contributed by atoms with E-state index >= 15 is 0 Å². The van der Waals surface area contributed by atoms with Gasteiger partial charge in [-0.05, 0) is 43.0 Å². The minimum atomic E-state index is -0.165. The summed E-state index contributed by atoms with van der Waals surface area (Å²) in [7, 11) is 1.61. The molecule has 3 amide bonds. The third-order valence-electron chi connectivity index (χ3n) is 5.85. The summed E-state index contributed by atoms with van der Waals surface area (Å²) >= 11 is 1.37. The number of fused-ring (bicyclic) bond motifs is 1. The number of nitrogens with one attached hydrogen (secondary N) is 3. The Labute approximate surface area is 201 Å². The molecule has 176 valence electrons. The fourth-order valence-corrected chi connectivity index (χ4v) is 5.13. The van der Waals surface area contributed by atoms with E-state index in [-0.39, 0.29) is 11.9 Å². The summed E-state index contributed by atoms with van der Waals surface area (Å²) < 4.78 is 5.23. The lowest BCUT2D eigenvalue weighted by Gasteiger charge is -2.27. The number of carbonyl (C=O) groups is 2. The standard InChI is InChI=1S/C24H26N6O3S/c1-15-17(13-27-29-15)12-26-24(32)30-9-8-19-20(11-25)23(34-21(19)14-30)28-22(31)7-6-16-4-3-5-18(10-16)33-2/h3-5,10,13H,6-9,12,14H2,1-2H3,(H,26,32)(H,27,29)(H,28,31). The molecule has 2 aromatic heterocycles. The molecule has 3 N–H and O–H groups in total. The van der Waals surface area contributed by atoms with Crippen LogP contribution in [0.1, 0.15) is 39.2 Å². The van der Waals surface area contributed by atoms with Crippen LogP contribution in [-0.2, 0) is 30.7 Å². The van der Waals surface area contributed by atoms with Gasteiger partial charge in [0.2, 0.25) is 5.91 Å². The second-order valence-corrected chi connectivity index (χ2v) is 9.15. The van der Waals surface area contributed by atoms with Crippen LogP contribution in [0.3, 0.4) is 0 Å². The molecule has 0 atom stereocenters. The maximum atomic E-state index is 12.7. The van der Waals surface area contributed by atoms with Gasteiger partial charge in [-0.25, -0.2) is 4.79 Å². The zero-order valence-electron chi connectivity index (χ0n) is 19.1. The van der Waals surface area contributed by atoms with Crippen molar-refractivity contribution in [1.29, 1.82) is 5.26 Å². The number of amides is 3. The van der Waals surface area contributed by atoms with E-state index in [1.54, 1.807) is 18.2 Å². The normalized spacial score (nSPS) is 12.6. The molecular weight excluding hydrogens is 452 g/mol. The second kappa shape index (κ2) is 10.4. The van der Waals surface area contributed by atoms with Gasteiger partial charge in [0.1, 0.15) is 16.8 Å². The van der Waals surface area contributed by atoms with Crippen molar-refractivity contribution >= 4 is 28.3 Å². The van der Waals surface area contributed by atoms with Crippen LogP contribution < -0.4 is 15.4 Å². The van der Waals surface area contributed by atoms with E-state index in [9.17, 15) is 14.9 Å². The third kappa shape index (κ3) is 5.21. The molecule has 9 nitrogen and oxygen atoms in total. The van der Waals surface area contributed by atoms with E-state index in [4.69, 9.17) is 4.74 Å². The number of urea groups is 1. The van der Waals surface area contributed by atoms with Crippen LogP contribution in [0.4, 0.5) is 9.80 Å². The van der Waals surface area contributed by atoms with Crippen LogP contribution in [0, 0.1) is 18.3 Å². The highest BCUT2D eigenvalue weighted by atomic mass is 32.1. The average Bonchev–Trinajstić information content (AvgIpc) is 3.42. The summed E-state index contributed by atoms with van der Waals surface area (Å²) in [6.07, 6.45) is 3.21. The van der Waals surface area contributed by atoms with Gasteiger partial charge in [0.25, 0.3) is 0 Å². The summed E-state index contributed by atoms with van der Waals surface area (Å²) in [6, 6.07) is 9.69. The molecule has 0 bridgehead atoms. The number of nitriles is 1. The van der Waals surface area contributed by atoms with Crippen molar-refractivity contribution in [3.63, 3.8) is 0 Å². The fraction of sp³-hybridized carbons (Fsp3) is 0.333. The lowest BCUT2D eigenvalue weighted by atomic mass is 10.0. The number of aryl methyl sites for hydroxylation is 2. The molecule has 1 aliphatic heterocycles. The SMILES string of the molecule is COc1cccc(CCC(=O)Nc2sc3c(c2C#N)CCN(C(=O)NCc2c[nH]nc2C)C3)c1.